The topological polar surface area (TPSA) is 37.3 Å². The smallest absolute Gasteiger partial charge is 1.00 e. The largest absolute Gasteiger partial charge is 2.00 e. The molecule has 1 N–H and O–H groups in total. The molecule has 4 heteroatoms. The second-order valence-corrected chi connectivity index (χ2v) is 0.519. The van der Waals surface area contributed by atoms with Crippen LogP contribution in [0.4, 0.5) is 0 Å². The summed E-state index contributed by atoms with van der Waals surface area (Å²) in [7, 11) is 0. The predicted octanol–water partition coefficient (Wildman–Crippen LogP) is -1.52. The number of hydrogen-bond acceptors (Lipinski definition) is 1. The van der Waals surface area contributed by atoms with Crippen LogP contribution in [0.15, 0.2) is 0 Å². The molecule has 0 aliphatic heterocycles. The molecule has 0 amide bonds. The van der Waals surface area contributed by atoms with E-state index < -0.39 is 5.97 Å². The third kappa shape index (κ3) is 86.0. The van der Waals surface area contributed by atoms with E-state index in [-0.39, 0.29) is 51.6 Å². The molecule has 0 aromatic heterocycles. The first-order valence-electron chi connectivity index (χ1n) is 0.928. The van der Waals surface area contributed by atoms with Crippen molar-refractivity contribution in [3.8, 4) is 0 Å². The van der Waals surface area contributed by atoms with Crippen LogP contribution >= 0.6 is 0 Å². The molecule has 0 aliphatic carbocycles. The summed E-state index contributed by atoms with van der Waals surface area (Å²) in [6, 6.07) is 0. The monoisotopic (exact) mass is 134 g/mol. The number of rotatable bonds is 0. The van der Waals surface area contributed by atoms with E-state index in [1.54, 1.807) is 0 Å². The van der Waals surface area contributed by atoms with Crippen molar-refractivity contribution in [3.05, 3.63) is 0 Å². The number of hydrogen-bond donors (Lipinski definition) is 1. The van der Waals surface area contributed by atoms with Crippen molar-refractivity contribution in [2.45, 2.75) is 6.92 Å². The molecule has 0 heterocycles. The van der Waals surface area contributed by atoms with Crippen LogP contribution in [-0.2, 0) is 4.79 Å². The second kappa shape index (κ2) is 9.34. The molecular formula is C2H10CaO2Si. The molecule has 0 fully saturated rings. The van der Waals surface area contributed by atoms with Crippen LogP contribution in [0.25, 0.3) is 0 Å². The maximum atomic E-state index is 9.00. The maximum absolute atomic E-state index is 9.00. The summed E-state index contributed by atoms with van der Waals surface area (Å²) in [5.41, 5.74) is 0. The molecule has 0 radical (unpaired) electrons. The minimum Gasteiger partial charge on any atom is -1.00 e. The molecular weight excluding hydrogens is 124 g/mol. The minimum absolute atomic E-state index is 0. The Labute approximate surface area is 73.9 Å². The van der Waals surface area contributed by atoms with Crippen molar-refractivity contribution in [2.24, 2.45) is 0 Å². The molecule has 0 rings (SSSR count). The molecule has 0 unspecified atom stereocenters. The maximum Gasteiger partial charge on any atom is 2.00 e. The van der Waals surface area contributed by atoms with Crippen molar-refractivity contribution in [3.63, 3.8) is 0 Å². The van der Waals surface area contributed by atoms with Gasteiger partial charge in [0.05, 0.1) is 0 Å². The zero-order chi connectivity index (χ0) is 3.58. The third-order valence-electron chi connectivity index (χ3n) is 0. The van der Waals surface area contributed by atoms with Crippen molar-refractivity contribution >= 4 is 54.7 Å². The Bertz CT molecular complexity index is 41.0. The summed E-state index contributed by atoms with van der Waals surface area (Å²) < 4.78 is 0. The van der Waals surface area contributed by atoms with Gasteiger partial charge in [0.25, 0.3) is 5.97 Å². The molecule has 0 aliphatic rings. The molecule has 0 atom stereocenters. The van der Waals surface area contributed by atoms with E-state index in [0.29, 0.717) is 0 Å². The molecule has 0 aromatic carbocycles. The number of carboxylic acid groups (broad SMARTS) is 1. The summed E-state index contributed by atoms with van der Waals surface area (Å²) >= 11 is 0. The Morgan fingerprint density at radius 3 is 1.83 bits per heavy atom. The summed E-state index contributed by atoms with van der Waals surface area (Å²) in [6.45, 7) is 1.08. The molecule has 2 nitrogen and oxygen atoms in total. The number of carboxylic acids is 1. The van der Waals surface area contributed by atoms with E-state index in [0.717, 1.165) is 6.92 Å². The molecule has 6 heavy (non-hydrogen) atoms. The van der Waals surface area contributed by atoms with Gasteiger partial charge in [0.15, 0.2) is 0 Å². The normalized spacial score (nSPS) is 4.17. The van der Waals surface area contributed by atoms with Gasteiger partial charge in [-0.15, -0.1) is 0 Å². The molecule has 36 valence electrons. The zero-order valence-corrected chi connectivity index (χ0v) is 5.27. The summed E-state index contributed by atoms with van der Waals surface area (Å²) in [6.07, 6.45) is 0. The molecule has 0 saturated carbocycles. The Balaban J connectivity index is -0.00000000750. The first kappa shape index (κ1) is 15.8. The van der Waals surface area contributed by atoms with E-state index in [1.807, 2.05) is 0 Å². The minimum atomic E-state index is -0.833. The predicted molar refractivity (Wildman–Crippen MR) is 32.6 cm³/mol. The average molecular weight is 134 g/mol. The van der Waals surface area contributed by atoms with Gasteiger partial charge in [-0.25, -0.2) is 0 Å². The van der Waals surface area contributed by atoms with E-state index in [2.05, 4.69) is 0 Å². The van der Waals surface area contributed by atoms with Gasteiger partial charge in [-0.3, -0.25) is 4.79 Å². The van der Waals surface area contributed by atoms with Gasteiger partial charge in [0, 0.05) is 6.92 Å². The number of carbonyl (C=O) groups is 1. The Morgan fingerprint density at radius 1 is 1.83 bits per heavy atom. The second-order valence-electron chi connectivity index (χ2n) is 0.519. The van der Waals surface area contributed by atoms with Gasteiger partial charge >= 0.3 is 37.7 Å². The van der Waals surface area contributed by atoms with Crippen molar-refractivity contribution in [1.29, 1.82) is 0 Å². The third-order valence-corrected chi connectivity index (χ3v) is 0. The standard InChI is InChI=1S/C2H4O2.Ca.H4Si.2H/c1-2(3)4;;;;/h1H3,(H,3,4);;1H4;;/q;+2;;2*-1. The van der Waals surface area contributed by atoms with Crippen LogP contribution in [0.1, 0.15) is 9.78 Å². The Morgan fingerprint density at radius 2 is 1.83 bits per heavy atom. The van der Waals surface area contributed by atoms with Crippen LogP contribution < -0.4 is 0 Å². The van der Waals surface area contributed by atoms with Gasteiger partial charge in [0.1, 0.15) is 0 Å². The first-order chi connectivity index (χ1) is 1.73. The van der Waals surface area contributed by atoms with E-state index in [1.165, 1.54) is 0 Å². The fourth-order valence-corrected chi connectivity index (χ4v) is 0. The fraction of sp³-hybridized carbons (Fsp3) is 0.500. The van der Waals surface area contributed by atoms with Crippen LogP contribution in [0, 0.1) is 0 Å². The summed E-state index contributed by atoms with van der Waals surface area (Å²) in [4.78, 5) is 9.00. The van der Waals surface area contributed by atoms with E-state index >= 15 is 0 Å². The molecule has 0 bridgehead atoms. The van der Waals surface area contributed by atoms with Crippen LogP contribution in [0.3, 0.4) is 0 Å². The molecule has 0 spiro atoms. The van der Waals surface area contributed by atoms with Gasteiger partial charge in [-0.05, 0) is 11.0 Å². The fourth-order valence-electron chi connectivity index (χ4n) is 0. The Hall–Kier alpha value is 0.947. The average Bonchev–Trinajstić information content (AvgIpc) is 0.811. The molecule has 0 saturated heterocycles. The summed E-state index contributed by atoms with van der Waals surface area (Å²) in [5.74, 6) is -0.833. The van der Waals surface area contributed by atoms with Crippen molar-refractivity contribution in [2.75, 3.05) is 0 Å². The zero-order valence-electron chi connectivity index (χ0n) is 5.06. The van der Waals surface area contributed by atoms with Gasteiger partial charge in [-0.2, -0.15) is 0 Å². The van der Waals surface area contributed by atoms with Gasteiger partial charge in [-0.1, -0.05) is 0 Å². The first-order valence-corrected chi connectivity index (χ1v) is 0.928. The summed E-state index contributed by atoms with van der Waals surface area (Å²) in [5, 5.41) is 7.42. The van der Waals surface area contributed by atoms with Crippen LogP contribution in [0.2, 0.25) is 0 Å². The van der Waals surface area contributed by atoms with Gasteiger partial charge in [0.2, 0.25) is 0 Å². The van der Waals surface area contributed by atoms with Crippen LogP contribution in [0.5, 0.6) is 0 Å². The Kier molecular flexibility index (Phi) is 24.6. The van der Waals surface area contributed by atoms with E-state index in [4.69, 9.17) is 9.90 Å². The van der Waals surface area contributed by atoms with Gasteiger partial charge < -0.3 is 7.96 Å². The quantitative estimate of drug-likeness (QED) is 0.409. The SMILES string of the molecule is CC(=O)O.[Ca+2].[H-].[H-].[SiH4]. The van der Waals surface area contributed by atoms with Crippen molar-refractivity contribution < 1.29 is 12.8 Å². The number of aliphatic carboxylic acids is 1. The van der Waals surface area contributed by atoms with Crippen molar-refractivity contribution in [1.82, 2.24) is 0 Å². The van der Waals surface area contributed by atoms with Crippen LogP contribution in [-0.4, -0.2) is 59.8 Å². The molecule has 0 aromatic rings. The van der Waals surface area contributed by atoms with E-state index in [9.17, 15) is 0 Å².